The topological polar surface area (TPSA) is 124 Å². The second kappa shape index (κ2) is 10.3. The second-order valence-corrected chi connectivity index (χ2v) is 11.5. The average Bonchev–Trinajstić information content (AvgIpc) is 3.61. The number of piperidine rings is 1. The number of amides is 1. The number of nitrogens with one attached hydrogen (secondary N) is 1. The first-order valence-electron chi connectivity index (χ1n) is 13.9. The summed E-state index contributed by atoms with van der Waals surface area (Å²) < 4.78 is 13.4. The van der Waals surface area contributed by atoms with Crippen molar-refractivity contribution < 1.29 is 14.3 Å². The van der Waals surface area contributed by atoms with Crippen LogP contribution in [-0.2, 0) is 11.3 Å². The van der Waals surface area contributed by atoms with Crippen LogP contribution in [0.1, 0.15) is 38.5 Å². The number of aromatic nitrogens is 4. The molecule has 0 radical (unpaired) electrons. The first-order valence-corrected chi connectivity index (χ1v) is 13.9. The molecule has 3 heterocycles. The molecule has 3 aromatic rings. The van der Waals surface area contributed by atoms with E-state index in [4.69, 9.17) is 20.3 Å². The lowest BCUT2D eigenvalue weighted by Gasteiger charge is -2.37. The van der Waals surface area contributed by atoms with E-state index in [9.17, 15) is 4.79 Å². The molecule has 2 aromatic heterocycles. The number of rotatable bonds is 8. The Hall–Kier alpha value is -3.44. The third-order valence-electron chi connectivity index (χ3n) is 8.82. The van der Waals surface area contributed by atoms with Crippen molar-refractivity contribution in [2.75, 3.05) is 51.9 Å². The maximum atomic E-state index is 12.7. The fourth-order valence-corrected chi connectivity index (χ4v) is 6.56. The van der Waals surface area contributed by atoms with Gasteiger partial charge in [0.1, 0.15) is 29.2 Å². The Labute approximate surface area is 228 Å². The predicted octanol–water partition coefficient (Wildman–Crippen LogP) is 3.60. The van der Waals surface area contributed by atoms with E-state index >= 15 is 0 Å². The van der Waals surface area contributed by atoms with E-state index in [-0.39, 0.29) is 5.60 Å². The zero-order chi connectivity index (χ0) is 27.1. The van der Waals surface area contributed by atoms with Gasteiger partial charge in [-0.15, -0.1) is 0 Å². The Morgan fingerprint density at radius 3 is 2.67 bits per heavy atom. The fraction of sp³-hybridized carbons (Fsp3) is 0.571. The van der Waals surface area contributed by atoms with Crippen LogP contribution >= 0.6 is 0 Å². The standard InChI is InChI=1S/C28H38N8O3/c1-34(2)20-7-10-35(11-8-20)12-13-36-26-23(25(29)30-17-31-26)24(33-36)19-4-5-21(22(14-19)38-3)32-27(37)39-28-9-6-18(15-28)16-28/h4-5,14,17-18,20H,6-13,15-16H2,1-3H3,(H,32,37)(H2,29,30,31). The number of anilines is 2. The maximum absolute atomic E-state index is 12.7. The van der Waals surface area contributed by atoms with Gasteiger partial charge in [0.25, 0.3) is 0 Å². The van der Waals surface area contributed by atoms with E-state index in [1.165, 1.54) is 19.2 Å². The molecule has 1 amide bonds. The van der Waals surface area contributed by atoms with Crippen LogP contribution in [0.25, 0.3) is 22.3 Å². The van der Waals surface area contributed by atoms with Gasteiger partial charge in [-0.3, -0.25) is 5.32 Å². The highest BCUT2D eigenvalue weighted by molar-refractivity contribution is 5.99. The Morgan fingerprint density at radius 1 is 1.18 bits per heavy atom. The SMILES string of the molecule is COc1cc(-c2nn(CCN3CCC(N(C)C)CC3)c3ncnc(N)c23)ccc1NC(=O)OC12CCC(C1)C2. The van der Waals surface area contributed by atoms with Crippen LogP contribution in [0.4, 0.5) is 16.3 Å². The van der Waals surface area contributed by atoms with Crippen molar-refractivity contribution in [2.24, 2.45) is 5.92 Å². The number of ether oxygens (including phenoxy) is 2. The van der Waals surface area contributed by atoms with Gasteiger partial charge < -0.3 is 25.0 Å². The van der Waals surface area contributed by atoms with Gasteiger partial charge in [-0.05, 0) is 83.8 Å². The van der Waals surface area contributed by atoms with Crippen LogP contribution in [0.2, 0.25) is 0 Å². The van der Waals surface area contributed by atoms with Crippen LogP contribution in [0, 0.1) is 5.92 Å². The molecule has 7 rings (SSSR count). The molecular formula is C28H38N8O3. The lowest BCUT2D eigenvalue weighted by molar-refractivity contribution is -0.0303. The largest absolute Gasteiger partial charge is 0.495 e. The van der Waals surface area contributed by atoms with Gasteiger partial charge in [0.2, 0.25) is 0 Å². The highest BCUT2D eigenvalue weighted by Gasteiger charge is 2.53. The van der Waals surface area contributed by atoms with Gasteiger partial charge in [-0.2, -0.15) is 5.10 Å². The molecule has 3 aliphatic carbocycles. The highest BCUT2D eigenvalue weighted by atomic mass is 16.6. The Bertz CT molecular complexity index is 1350. The van der Waals surface area contributed by atoms with E-state index in [0.717, 1.165) is 50.9 Å². The molecule has 3 N–H and O–H groups in total. The number of carbonyl (C=O) groups is 1. The molecule has 1 aliphatic heterocycles. The Kier molecular flexibility index (Phi) is 6.80. The van der Waals surface area contributed by atoms with Gasteiger partial charge in [-0.25, -0.2) is 19.4 Å². The van der Waals surface area contributed by atoms with Crippen LogP contribution in [0.3, 0.4) is 0 Å². The molecular weight excluding hydrogens is 496 g/mol. The monoisotopic (exact) mass is 534 g/mol. The summed E-state index contributed by atoms with van der Waals surface area (Å²) in [5.41, 5.74) is 8.80. The van der Waals surface area contributed by atoms with Crippen molar-refractivity contribution in [3.8, 4) is 17.0 Å². The lowest BCUT2D eigenvalue weighted by Crippen LogP contribution is -2.42. The molecule has 4 fully saturated rings. The molecule has 3 saturated carbocycles. The molecule has 2 bridgehead atoms. The summed E-state index contributed by atoms with van der Waals surface area (Å²) in [6.07, 6.45) is 7.43. The van der Waals surface area contributed by atoms with E-state index in [0.29, 0.717) is 52.5 Å². The van der Waals surface area contributed by atoms with Gasteiger partial charge in [0.05, 0.1) is 24.7 Å². The molecule has 1 saturated heterocycles. The summed E-state index contributed by atoms with van der Waals surface area (Å²) in [6, 6.07) is 6.21. The highest BCUT2D eigenvalue weighted by Crippen LogP contribution is 2.54. The number of carbonyl (C=O) groups excluding carboxylic acids is 1. The number of hydrogen-bond acceptors (Lipinski definition) is 9. The van der Waals surface area contributed by atoms with E-state index in [1.54, 1.807) is 7.11 Å². The zero-order valence-corrected chi connectivity index (χ0v) is 23.0. The second-order valence-electron chi connectivity index (χ2n) is 11.5. The number of fused-ring (bicyclic) bond motifs is 2. The molecule has 4 aliphatic rings. The quantitative estimate of drug-likeness (QED) is 0.446. The van der Waals surface area contributed by atoms with Crippen molar-refractivity contribution in [3.05, 3.63) is 24.5 Å². The van der Waals surface area contributed by atoms with Gasteiger partial charge >= 0.3 is 6.09 Å². The number of likely N-dealkylation sites (tertiary alicyclic amines) is 1. The molecule has 0 spiro atoms. The first-order chi connectivity index (χ1) is 18.8. The maximum Gasteiger partial charge on any atom is 0.412 e. The minimum Gasteiger partial charge on any atom is -0.495 e. The van der Waals surface area contributed by atoms with Crippen molar-refractivity contribution in [1.29, 1.82) is 0 Å². The molecule has 0 unspecified atom stereocenters. The van der Waals surface area contributed by atoms with Gasteiger partial charge in [0, 0.05) is 18.2 Å². The summed E-state index contributed by atoms with van der Waals surface area (Å²) in [6.45, 7) is 3.73. The fourth-order valence-electron chi connectivity index (χ4n) is 6.56. The number of nitrogens with two attached hydrogens (primary N) is 1. The first kappa shape index (κ1) is 25.8. The summed E-state index contributed by atoms with van der Waals surface area (Å²) in [5, 5.41) is 8.51. The summed E-state index contributed by atoms with van der Waals surface area (Å²) in [5.74, 6) is 1.61. The Balaban J connectivity index is 1.20. The zero-order valence-electron chi connectivity index (χ0n) is 23.0. The number of hydrogen-bond donors (Lipinski definition) is 2. The molecule has 11 heteroatoms. The normalized spacial score (nSPS) is 23.2. The number of methoxy groups -OCH3 is 1. The van der Waals surface area contributed by atoms with Crippen molar-refractivity contribution in [1.82, 2.24) is 29.5 Å². The van der Waals surface area contributed by atoms with Crippen LogP contribution < -0.4 is 15.8 Å². The number of benzene rings is 1. The average molecular weight is 535 g/mol. The molecule has 39 heavy (non-hydrogen) atoms. The summed E-state index contributed by atoms with van der Waals surface area (Å²) in [7, 11) is 5.89. The van der Waals surface area contributed by atoms with Gasteiger partial charge in [-0.1, -0.05) is 6.07 Å². The van der Waals surface area contributed by atoms with Crippen molar-refractivity contribution in [2.45, 2.75) is 56.7 Å². The van der Waals surface area contributed by atoms with E-state index in [1.807, 2.05) is 22.9 Å². The van der Waals surface area contributed by atoms with Crippen molar-refractivity contribution in [3.63, 3.8) is 0 Å². The lowest BCUT2D eigenvalue weighted by atomic mass is 9.80. The molecule has 11 nitrogen and oxygen atoms in total. The van der Waals surface area contributed by atoms with Crippen LogP contribution in [0.5, 0.6) is 5.75 Å². The van der Waals surface area contributed by atoms with E-state index in [2.05, 4.69) is 39.2 Å². The number of nitrogen functional groups attached to an aromatic ring is 1. The van der Waals surface area contributed by atoms with Crippen molar-refractivity contribution >= 4 is 28.6 Å². The predicted molar refractivity (Wildman–Crippen MR) is 150 cm³/mol. The molecule has 1 aromatic carbocycles. The van der Waals surface area contributed by atoms with Crippen LogP contribution in [-0.4, -0.2) is 88.1 Å². The molecule has 0 atom stereocenters. The van der Waals surface area contributed by atoms with Crippen LogP contribution in [0.15, 0.2) is 24.5 Å². The summed E-state index contributed by atoms with van der Waals surface area (Å²) in [4.78, 5) is 26.2. The summed E-state index contributed by atoms with van der Waals surface area (Å²) >= 11 is 0. The minimum atomic E-state index is -0.441. The Morgan fingerprint density at radius 2 is 1.97 bits per heavy atom. The van der Waals surface area contributed by atoms with Gasteiger partial charge in [0.15, 0.2) is 5.65 Å². The third kappa shape index (κ3) is 5.00. The number of nitrogens with zero attached hydrogens (tertiary/aromatic N) is 6. The smallest absolute Gasteiger partial charge is 0.412 e. The van der Waals surface area contributed by atoms with E-state index < -0.39 is 6.09 Å². The third-order valence-corrected chi connectivity index (χ3v) is 8.82. The minimum absolute atomic E-state index is 0.270. The molecule has 208 valence electrons.